The average Bonchev–Trinajstić information content (AvgIpc) is 2.77. The SMILES string of the molecule is O[C@H]1[C@H]2CC[C@H](C2)[C@]12O[C@H]2c1ccccc1. The zero-order chi connectivity index (χ0) is 10.8. The van der Waals surface area contributed by atoms with Crippen LogP contribution in [0.3, 0.4) is 0 Å². The molecule has 84 valence electrons. The van der Waals surface area contributed by atoms with E-state index in [4.69, 9.17) is 4.74 Å². The van der Waals surface area contributed by atoms with E-state index in [1.807, 2.05) is 18.2 Å². The van der Waals surface area contributed by atoms with Gasteiger partial charge in [0.2, 0.25) is 0 Å². The van der Waals surface area contributed by atoms with E-state index < -0.39 is 0 Å². The molecule has 1 spiro atoms. The van der Waals surface area contributed by atoms with Crippen LogP contribution >= 0.6 is 0 Å². The third kappa shape index (κ3) is 0.950. The lowest BCUT2D eigenvalue weighted by Crippen LogP contribution is -2.36. The summed E-state index contributed by atoms with van der Waals surface area (Å²) >= 11 is 0. The first kappa shape index (κ1) is 9.20. The highest BCUT2D eigenvalue weighted by Crippen LogP contribution is 2.67. The zero-order valence-electron chi connectivity index (χ0n) is 9.17. The normalized spacial score (nSPS) is 48.8. The Kier molecular flexibility index (Phi) is 1.65. The van der Waals surface area contributed by atoms with Crippen molar-refractivity contribution in [1.29, 1.82) is 0 Å². The maximum Gasteiger partial charge on any atom is 0.128 e. The van der Waals surface area contributed by atoms with Crippen molar-refractivity contribution in [2.75, 3.05) is 0 Å². The van der Waals surface area contributed by atoms with Crippen molar-refractivity contribution in [1.82, 2.24) is 0 Å². The molecule has 2 saturated carbocycles. The van der Waals surface area contributed by atoms with Gasteiger partial charge in [-0.25, -0.2) is 0 Å². The van der Waals surface area contributed by atoms with E-state index >= 15 is 0 Å². The molecule has 16 heavy (non-hydrogen) atoms. The van der Waals surface area contributed by atoms with Gasteiger partial charge in [0.25, 0.3) is 0 Å². The van der Waals surface area contributed by atoms with Gasteiger partial charge in [-0.1, -0.05) is 30.3 Å². The Labute approximate surface area is 95.2 Å². The summed E-state index contributed by atoms with van der Waals surface area (Å²) in [5.74, 6) is 1.09. The zero-order valence-corrected chi connectivity index (χ0v) is 9.17. The maximum absolute atomic E-state index is 10.3. The van der Waals surface area contributed by atoms with Crippen LogP contribution in [0.5, 0.6) is 0 Å². The summed E-state index contributed by atoms with van der Waals surface area (Å²) in [6.45, 7) is 0. The number of hydrogen-bond acceptors (Lipinski definition) is 2. The highest BCUT2D eigenvalue weighted by atomic mass is 16.6. The van der Waals surface area contributed by atoms with Crippen LogP contribution in [0.15, 0.2) is 30.3 Å². The Morgan fingerprint density at radius 3 is 2.69 bits per heavy atom. The summed E-state index contributed by atoms with van der Waals surface area (Å²) in [4.78, 5) is 0. The van der Waals surface area contributed by atoms with Crippen molar-refractivity contribution in [2.24, 2.45) is 11.8 Å². The molecule has 0 unspecified atom stereocenters. The molecule has 2 bridgehead atoms. The van der Waals surface area contributed by atoms with E-state index in [2.05, 4.69) is 12.1 Å². The number of epoxide rings is 1. The van der Waals surface area contributed by atoms with Crippen molar-refractivity contribution < 1.29 is 9.84 Å². The van der Waals surface area contributed by atoms with Crippen molar-refractivity contribution in [3.8, 4) is 0 Å². The number of fused-ring (bicyclic) bond motifs is 3. The first-order chi connectivity index (χ1) is 7.82. The molecule has 4 rings (SSSR count). The molecule has 1 aromatic rings. The molecule has 3 fully saturated rings. The molecule has 1 saturated heterocycles. The summed E-state index contributed by atoms with van der Waals surface area (Å²) in [5, 5.41) is 10.3. The summed E-state index contributed by atoms with van der Waals surface area (Å²) in [7, 11) is 0. The minimum absolute atomic E-state index is 0.152. The molecule has 2 heteroatoms. The Morgan fingerprint density at radius 2 is 2.00 bits per heavy atom. The second-order valence-electron chi connectivity index (χ2n) is 5.48. The smallest absolute Gasteiger partial charge is 0.128 e. The fourth-order valence-corrected chi connectivity index (χ4v) is 3.98. The summed E-state index contributed by atoms with van der Waals surface area (Å²) < 4.78 is 5.95. The average molecular weight is 216 g/mol. The maximum atomic E-state index is 10.3. The van der Waals surface area contributed by atoms with Crippen molar-refractivity contribution in [3.63, 3.8) is 0 Å². The van der Waals surface area contributed by atoms with E-state index in [0.717, 1.165) is 0 Å². The highest BCUT2D eigenvalue weighted by molar-refractivity contribution is 5.31. The van der Waals surface area contributed by atoms with Gasteiger partial charge < -0.3 is 9.84 Å². The van der Waals surface area contributed by atoms with Gasteiger partial charge in [-0.05, 0) is 36.7 Å². The van der Waals surface area contributed by atoms with Gasteiger partial charge in [0, 0.05) is 0 Å². The molecule has 2 aliphatic carbocycles. The van der Waals surface area contributed by atoms with Gasteiger partial charge in [0.15, 0.2) is 0 Å². The van der Waals surface area contributed by atoms with E-state index in [9.17, 15) is 5.11 Å². The van der Waals surface area contributed by atoms with Crippen molar-refractivity contribution in [3.05, 3.63) is 35.9 Å². The van der Waals surface area contributed by atoms with Gasteiger partial charge >= 0.3 is 0 Å². The van der Waals surface area contributed by atoms with Crippen LogP contribution in [-0.2, 0) is 4.74 Å². The Bertz CT molecular complexity index is 412. The topological polar surface area (TPSA) is 32.8 Å². The fourth-order valence-electron chi connectivity index (χ4n) is 3.98. The molecule has 0 amide bonds. The molecule has 3 aliphatic rings. The molecular formula is C14H16O2. The molecule has 0 radical (unpaired) electrons. The molecule has 1 N–H and O–H groups in total. The molecule has 1 aliphatic heterocycles. The van der Waals surface area contributed by atoms with Gasteiger partial charge in [-0.3, -0.25) is 0 Å². The van der Waals surface area contributed by atoms with Crippen LogP contribution in [-0.4, -0.2) is 16.8 Å². The Balaban J connectivity index is 1.68. The molecule has 2 nitrogen and oxygen atoms in total. The number of ether oxygens (including phenoxy) is 1. The van der Waals surface area contributed by atoms with Crippen LogP contribution in [0.1, 0.15) is 30.9 Å². The predicted octanol–water partition coefficient (Wildman–Crippen LogP) is 2.29. The lowest BCUT2D eigenvalue weighted by Gasteiger charge is -2.24. The molecule has 1 aromatic carbocycles. The number of rotatable bonds is 1. The summed E-state index contributed by atoms with van der Waals surface area (Å²) in [6.07, 6.45) is 3.53. The number of aliphatic hydroxyl groups excluding tert-OH is 1. The Hall–Kier alpha value is -0.860. The molecule has 1 heterocycles. The van der Waals surface area contributed by atoms with Crippen molar-refractivity contribution in [2.45, 2.75) is 37.1 Å². The number of aliphatic hydroxyl groups is 1. The Morgan fingerprint density at radius 1 is 1.19 bits per heavy atom. The molecular weight excluding hydrogens is 200 g/mol. The van der Waals surface area contributed by atoms with Crippen LogP contribution in [0, 0.1) is 11.8 Å². The third-order valence-electron chi connectivity index (χ3n) is 4.80. The van der Waals surface area contributed by atoms with Gasteiger partial charge in [0.1, 0.15) is 11.7 Å². The predicted molar refractivity (Wildman–Crippen MR) is 59.8 cm³/mol. The van der Waals surface area contributed by atoms with Gasteiger partial charge in [-0.2, -0.15) is 0 Å². The fraction of sp³-hybridized carbons (Fsp3) is 0.571. The van der Waals surface area contributed by atoms with Gasteiger partial charge in [0.05, 0.1) is 6.10 Å². The van der Waals surface area contributed by atoms with Crippen LogP contribution < -0.4 is 0 Å². The van der Waals surface area contributed by atoms with E-state index in [1.54, 1.807) is 0 Å². The lowest BCUT2D eigenvalue weighted by atomic mass is 9.82. The minimum Gasteiger partial charge on any atom is -0.390 e. The third-order valence-corrected chi connectivity index (χ3v) is 4.80. The minimum atomic E-state index is -0.226. The van der Waals surface area contributed by atoms with E-state index in [1.165, 1.54) is 24.8 Å². The summed E-state index contributed by atoms with van der Waals surface area (Å²) in [6, 6.07) is 10.3. The first-order valence-corrected chi connectivity index (χ1v) is 6.23. The lowest BCUT2D eigenvalue weighted by molar-refractivity contribution is 0.0319. The second-order valence-corrected chi connectivity index (χ2v) is 5.48. The molecule has 5 atom stereocenters. The number of benzene rings is 1. The van der Waals surface area contributed by atoms with Gasteiger partial charge in [-0.15, -0.1) is 0 Å². The standard InChI is InChI=1S/C14H16O2/c15-12-10-6-7-11(8-10)14(12)13(16-14)9-4-2-1-3-5-9/h1-5,10-13,15H,6-8H2/t10-,11+,12-,13-,14-/m0/s1. The van der Waals surface area contributed by atoms with E-state index in [0.29, 0.717) is 11.8 Å². The monoisotopic (exact) mass is 216 g/mol. The largest absolute Gasteiger partial charge is 0.390 e. The highest BCUT2D eigenvalue weighted by Gasteiger charge is 2.72. The number of hydrogen-bond donors (Lipinski definition) is 1. The second kappa shape index (κ2) is 2.88. The van der Waals surface area contributed by atoms with Crippen LogP contribution in [0.25, 0.3) is 0 Å². The van der Waals surface area contributed by atoms with Crippen molar-refractivity contribution >= 4 is 0 Å². The van der Waals surface area contributed by atoms with Crippen LogP contribution in [0.2, 0.25) is 0 Å². The van der Waals surface area contributed by atoms with E-state index in [-0.39, 0.29) is 17.8 Å². The molecule has 0 aromatic heterocycles. The van der Waals surface area contributed by atoms with Crippen LogP contribution in [0.4, 0.5) is 0 Å². The first-order valence-electron chi connectivity index (χ1n) is 6.23. The summed E-state index contributed by atoms with van der Waals surface area (Å²) in [5.41, 5.74) is 1.03. The quantitative estimate of drug-likeness (QED) is 0.730.